The lowest BCUT2D eigenvalue weighted by atomic mass is 9.78. The molecule has 9 aromatic carbocycles. The summed E-state index contributed by atoms with van der Waals surface area (Å²) in [5.74, 6) is 0. The van der Waals surface area contributed by atoms with Gasteiger partial charge in [0.25, 0.3) is 0 Å². The first-order valence-corrected chi connectivity index (χ1v) is 20.2. The fraction of sp³-hybridized carbons (Fsp3) is 0.179. The van der Waals surface area contributed by atoms with Crippen LogP contribution in [0, 0.1) is 0 Å². The maximum Gasteiger partial charge on any atom is 0.0159 e. The fourth-order valence-corrected chi connectivity index (χ4v) is 10.3. The van der Waals surface area contributed by atoms with E-state index in [0.717, 1.165) is 0 Å². The fourth-order valence-electron chi connectivity index (χ4n) is 10.3. The van der Waals surface area contributed by atoms with Gasteiger partial charge in [-0.25, -0.2) is 0 Å². The van der Waals surface area contributed by atoms with Crippen LogP contribution in [-0.2, 0) is 16.2 Å². The van der Waals surface area contributed by atoms with Crippen molar-refractivity contribution in [3.05, 3.63) is 179 Å². The van der Waals surface area contributed by atoms with E-state index in [2.05, 4.69) is 200 Å². The van der Waals surface area contributed by atoms with Crippen LogP contribution in [0.25, 0.3) is 88.0 Å². The molecular formula is C56H46. The molecule has 0 nitrogen and oxygen atoms in total. The highest BCUT2D eigenvalue weighted by atomic mass is 14.4. The minimum Gasteiger partial charge on any atom is -0.0610 e. The third-order valence-corrected chi connectivity index (χ3v) is 13.6. The van der Waals surface area contributed by atoms with Crippen LogP contribution >= 0.6 is 0 Å². The molecule has 0 unspecified atom stereocenters. The van der Waals surface area contributed by atoms with Crippen molar-refractivity contribution in [3.8, 4) is 55.6 Å². The minimum atomic E-state index is -0.117. The second-order valence-corrected chi connectivity index (χ2v) is 18.6. The van der Waals surface area contributed by atoms with Gasteiger partial charge in [0.15, 0.2) is 0 Å². The smallest absolute Gasteiger partial charge is 0.0159 e. The van der Waals surface area contributed by atoms with Crippen LogP contribution in [0.5, 0.6) is 0 Å². The van der Waals surface area contributed by atoms with E-state index < -0.39 is 0 Å². The third-order valence-electron chi connectivity index (χ3n) is 13.6. The predicted molar refractivity (Wildman–Crippen MR) is 240 cm³/mol. The molecule has 0 atom stereocenters. The average molecular weight is 719 g/mol. The lowest BCUT2D eigenvalue weighted by Gasteiger charge is -2.25. The summed E-state index contributed by atoms with van der Waals surface area (Å²) >= 11 is 0. The number of fused-ring (bicyclic) bond motifs is 6. The molecule has 2 aliphatic rings. The summed E-state index contributed by atoms with van der Waals surface area (Å²) in [7, 11) is 0. The van der Waals surface area contributed by atoms with Gasteiger partial charge >= 0.3 is 0 Å². The van der Waals surface area contributed by atoms with Gasteiger partial charge in [0.05, 0.1) is 0 Å². The SMILES string of the molecule is CC(C)(C)c1ccc2c(c1)C(C)(C)c1cc(-c3ccc4c(c3)C(C)(C)c3cc(-c5ccc(-c6ccc7ccc8cccc9ccc6c7c89)cc5)ccc3-4)ccc1-2. The highest BCUT2D eigenvalue weighted by Gasteiger charge is 2.38. The van der Waals surface area contributed by atoms with Crippen molar-refractivity contribution < 1.29 is 0 Å². The van der Waals surface area contributed by atoms with E-state index >= 15 is 0 Å². The minimum absolute atomic E-state index is 0.0509. The number of benzene rings is 9. The molecule has 0 aromatic heterocycles. The monoisotopic (exact) mass is 718 g/mol. The Hall–Kier alpha value is -5.98. The van der Waals surface area contributed by atoms with Crippen LogP contribution in [-0.4, -0.2) is 0 Å². The molecule has 0 saturated carbocycles. The second kappa shape index (κ2) is 11.3. The molecular weight excluding hydrogens is 673 g/mol. The summed E-state index contributed by atoms with van der Waals surface area (Å²) in [5, 5.41) is 7.96. The molecule has 2 aliphatic carbocycles. The summed E-state index contributed by atoms with van der Waals surface area (Å²) < 4.78 is 0. The summed E-state index contributed by atoms with van der Waals surface area (Å²) in [6.45, 7) is 16.5. The Morgan fingerprint density at radius 3 is 1.27 bits per heavy atom. The molecule has 9 aromatic rings. The maximum absolute atomic E-state index is 2.47. The molecule has 56 heavy (non-hydrogen) atoms. The molecule has 0 N–H and O–H groups in total. The second-order valence-electron chi connectivity index (χ2n) is 18.6. The first-order chi connectivity index (χ1) is 26.9. The lowest BCUT2D eigenvalue weighted by molar-refractivity contribution is 0.584. The van der Waals surface area contributed by atoms with Gasteiger partial charge in [-0.3, -0.25) is 0 Å². The highest BCUT2D eigenvalue weighted by Crippen LogP contribution is 2.53. The van der Waals surface area contributed by atoms with E-state index in [-0.39, 0.29) is 16.2 Å². The Labute approximate surface area is 330 Å². The average Bonchev–Trinajstić information content (AvgIpc) is 3.57. The largest absolute Gasteiger partial charge is 0.0610 e. The van der Waals surface area contributed by atoms with E-state index in [4.69, 9.17) is 0 Å². The molecule has 0 saturated heterocycles. The standard InChI is InChI=1S/C56H46/c1-54(2,3)41-22-28-46-45-26-21-40(31-50(45)56(6,7)51(46)32-41)39-20-25-44-43-24-19-38(29-48(43)55(4,5)49(44)30-39)33-11-13-34(14-12-33)42-23-17-37-16-15-35-9-8-10-36-18-27-47(42)53(37)52(35)36/h8-32H,1-7H3. The van der Waals surface area contributed by atoms with Gasteiger partial charge in [-0.15, -0.1) is 0 Å². The quantitative estimate of drug-likeness (QED) is 0.160. The van der Waals surface area contributed by atoms with Crippen molar-refractivity contribution in [1.82, 2.24) is 0 Å². The van der Waals surface area contributed by atoms with Crippen LogP contribution < -0.4 is 0 Å². The predicted octanol–water partition coefficient (Wildman–Crippen LogP) is 15.5. The maximum atomic E-state index is 2.47. The zero-order valence-corrected chi connectivity index (χ0v) is 33.4. The van der Waals surface area contributed by atoms with Gasteiger partial charge in [0.1, 0.15) is 0 Å². The van der Waals surface area contributed by atoms with Gasteiger partial charge in [0.2, 0.25) is 0 Å². The van der Waals surface area contributed by atoms with Crippen molar-refractivity contribution in [2.75, 3.05) is 0 Å². The Morgan fingerprint density at radius 1 is 0.339 bits per heavy atom. The normalized spacial score (nSPS) is 15.0. The van der Waals surface area contributed by atoms with Crippen LogP contribution in [0.15, 0.2) is 152 Å². The Balaban J connectivity index is 0.917. The summed E-state index contributed by atoms with van der Waals surface area (Å²) in [5.41, 5.74) is 20.1. The molecule has 0 radical (unpaired) electrons. The van der Waals surface area contributed by atoms with Crippen molar-refractivity contribution in [1.29, 1.82) is 0 Å². The zero-order chi connectivity index (χ0) is 38.3. The first kappa shape index (κ1) is 33.4. The topological polar surface area (TPSA) is 0 Å². The molecule has 0 bridgehead atoms. The summed E-state index contributed by atoms with van der Waals surface area (Å²) in [4.78, 5) is 0. The van der Waals surface area contributed by atoms with Crippen molar-refractivity contribution in [3.63, 3.8) is 0 Å². The summed E-state index contributed by atoms with van der Waals surface area (Å²) in [6, 6.07) is 58.1. The van der Waals surface area contributed by atoms with Crippen molar-refractivity contribution in [2.45, 2.75) is 64.7 Å². The molecule has 0 heterocycles. The lowest BCUT2D eigenvalue weighted by Crippen LogP contribution is -2.17. The first-order valence-electron chi connectivity index (χ1n) is 20.2. The van der Waals surface area contributed by atoms with Crippen molar-refractivity contribution in [2.24, 2.45) is 0 Å². The third kappa shape index (κ3) is 4.65. The van der Waals surface area contributed by atoms with E-state index in [1.54, 1.807) is 0 Å². The Morgan fingerprint density at radius 2 is 0.732 bits per heavy atom. The molecule has 0 fully saturated rings. The zero-order valence-electron chi connectivity index (χ0n) is 33.4. The van der Waals surface area contributed by atoms with E-state index in [1.807, 2.05) is 0 Å². The van der Waals surface area contributed by atoms with Crippen LogP contribution in [0.3, 0.4) is 0 Å². The van der Waals surface area contributed by atoms with Gasteiger partial charge in [-0.2, -0.15) is 0 Å². The molecule has 0 amide bonds. The molecule has 0 aliphatic heterocycles. The van der Waals surface area contributed by atoms with Gasteiger partial charge in [0, 0.05) is 10.8 Å². The van der Waals surface area contributed by atoms with E-state index in [9.17, 15) is 0 Å². The molecule has 0 heteroatoms. The van der Waals surface area contributed by atoms with Gasteiger partial charge in [-0.05, 0) is 139 Å². The van der Waals surface area contributed by atoms with Crippen LogP contribution in [0.1, 0.15) is 76.3 Å². The number of rotatable bonds is 3. The van der Waals surface area contributed by atoms with E-state index in [1.165, 1.54) is 116 Å². The van der Waals surface area contributed by atoms with Gasteiger partial charge in [-0.1, -0.05) is 182 Å². The Kier molecular flexibility index (Phi) is 6.73. The van der Waals surface area contributed by atoms with Crippen LogP contribution in [0.4, 0.5) is 0 Å². The highest BCUT2D eigenvalue weighted by molar-refractivity contribution is 6.25. The number of hydrogen-bond acceptors (Lipinski definition) is 0. The van der Waals surface area contributed by atoms with E-state index in [0.29, 0.717) is 0 Å². The van der Waals surface area contributed by atoms with Crippen LogP contribution in [0.2, 0.25) is 0 Å². The molecule has 0 spiro atoms. The Bertz CT molecular complexity index is 3070. The number of hydrogen-bond donors (Lipinski definition) is 0. The summed E-state index contributed by atoms with van der Waals surface area (Å²) in [6.07, 6.45) is 0. The molecule has 11 rings (SSSR count). The molecule has 270 valence electrons. The van der Waals surface area contributed by atoms with Crippen molar-refractivity contribution >= 4 is 32.3 Å². The van der Waals surface area contributed by atoms with Gasteiger partial charge < -0.3 is 0 Å².